The van der Waals surface area contributed by atoms with Gasteiger partial charge in [0.15, 0.2) is 0 Å². The number of carbonyl (C=O) groups excluding carboxylic acids is 1. The molecule has 2 rings (SSSR count). The van der Waals surface area contributed by atoms with Crippen LogP contribution < -0.4 is 10.5 Å². The van der Waals surface area contributed by atoms with Crippen molar-refractivity contribution in [2.45, 2.75) is 23.8 Å². The van der Waals surface area contributed by atoms with E-state index in [0.717, 1.165) is 29.4 Å². The van der Waals surface area contributed by atoms with E-state index in [2.05, 4.69) is 0 Å². The van der Waals surface area contributed by atoms with Crippen molar-refractivity contribution >= 4 is 17.7 Å². The van der Waals surface area contributed by atoms with Crippen LogP contribution >= 0.6 is 11.8 Å². The van der Waals surface area contributed by atoms with Crippen molar-refractivity contribution < 1.29 is 9.53 Å². The maximum Gasteiger partial charge on any atom is 0.223 e. The van der Waals surface area contributed by atoms with E-state index >= 15 is 0 Å². The minimum atomic E-state index is 0.165. The van der Waals surface area contributed by atoms with Gasteiger partial charge < -0.3 is 15.4 Å². The Balaban J connectivity index is 1.72. The molecule has 1 aromatic rings. The summed E-state index contributed by atoms with van der Waals surface area (Å²) in [6.07, 6.45) is 1.50. The van der Waals surface area contributed by atoms with Crippen LogP contribution in [0.25, 0.3) is 0 Å². The Hall–Kier alpha value is -1.20. The molecule has 4 nitrogen and oxygen atoms in total. The number of rotatable bonds is 5. The number of nitrogens with zero attached hydrogens (tertiary/aromatic N) is 1. The molecular formula is C14H20N2O2S. The van der Waals surface area contributed by atoms with Gasteiger partial charge in [0, 0.05) is 36.2 Å². The Morgan fingerprint density at radius 3 is 2.79 bits per heavy atom. The van der Waals surface area contributed by atoms with E-state index in [4.69, 9.17) is 10.5 Å². The van der Waals surface area contributed by atoms with Crippen molar-refractivity contribution in [1.82, 2.24) is 4.90 Å². The average molecular weight is 280 g/mol. The molecular weight excluding hydrogens is 260 g/mol. The molecule has 104 valence electrons. The van der Waals surface area contributed by atoms with E-state index in [1.807, 2.05) is 29.2 Å². The molecule has 1 fully saturated rings. The highest BCUT2D eigenvalue weighted by atomic mass is 32.2. The lowest BCUT2D eigenvalue weighted by Crippen LogP contribution is -2.31. The lowest BCUT2D eigenvalue weighted by atomic mass is 10.3. The highest BCUT2D eigenvalue weighted by molar-refractivity contribution is 7.99. The van der Waals surface area contributed by atoms with Gasteiger partial charge in [0.2, 0.25) is 5.91 Å². The van der Waals surface area contributed by atoms with Crippen LogP contribution in [0.4, 0.5) is 0 Å². The molecule has 1 aliphatic rings. The van der Waals surface area contributed by atoms with Crippen LogP contribution in [0.5, 0.6) is 5.75 Å². The summed E-state index contributed by atoms with van der Waals surface area (Å²) in [7, 11) is 1.65. The van der Waals surface area contributed by atoms with Gasteiger partial charge in [-0.05, 0) is 30.7 Å². The zero-order valence-electron chi connectivity index (χ0n) is 11.2. The Morgan fingerprint density at radius 1 is 1.47 bits per heavy atom. The van der Waals surface area contributed by atoms with Gasteiger partial charge in [-0.15, -0.1) is 11.8 Å². The molecule has 1 saturated heterocycles. The third kappa shape index (κ3) is 4.14. The van der Waals surface area contributed by atoms with Gasteiger partial charge in [-0.1, -0.05) is 0 Å². The molecule has 0 bridgehead atoms. The number of thioether (sulfide) groups is 1. The Morgan fingerprint density at radius 2 is 2.21 bits per heavy atom. The summed E-state index contributed by atoms with van der Waals surface area (Å²) in [5.74, 6) is 1.87. The molecule has 1 aromatic carbocycles. The molecule has 1 atom stereocenters. The third-order valence-electron chi connectivity index (χ3n) is 3.22. The molecule has 5 heteroatoms. The Bertz CT molecular complexity index is 422. The van der Waals surface area contributed by atoms with E-state index in [1.54, 1.807) is 18.9 Å². The first-order chi connectivity index (χ1) is 9.19. The number of amides is 1. The molecule has 2 N–H and O–H groups in total. The first-order valence-electron chi connectivity index (χ1n) is 6.49. The van der Waals surface area contributed by atoms with Gasteiger partial charge in [-0.2, -0.15) is 0 Å². The van der Waals surface area contributed by atoms with Crippen LogP contribution in [0.2, 0.25) is 0 Å². The van der Waals surface area contributed by atoms with Gasteiger partial charge in [-0.25, -0.2) is 0 Å². The minimum Gasteiger partial charge on any atom is -0.497 e. The molecule has 1 amide bonds. The van der Waals surface area contributed by atoms with Crippen LogP contribution in [0.15, 0.2) is 29.2 Å². The quantitative estimate of drug-likeness (QED) is 0.835. The van der Waals surface area contributed by atoms with E-state index in [0.29, 0.717) is 13.0 Å². The summed E-state index contributed by atoms with van der Waals surface area (Å²) < 4.78 is 5.11. The first kappa shape index (κ1) is 14.2. The SMILES string of the molecule is COc1ccc(SCCC(=O)N2CC[C@@H](N)C2)cc1. The molecule has 1 aliphatic heterocycles. The summed E-state index contributed by atoms with van der Waals surface area (Å²) in [5.41, 5.74) is 5.80. The summed E-state index contributed by atoms with van der Waals surface area (Å²) >= 11 is 1.69. The van der Waals surface area contributed by atoms with E-state index < -0.39 is 0 Å². The number of hydrogen-bond donors (Lipinski definition) is 1. The smallest absolute Gasteiger partial charge is 0.223 e. The topological polar surface area (TPSA) is 55.6 Å². The fourth-order valence-corrected chi connectivity index (χ4v) is 2.94. The maximum atomic E-state index is 11.9. The summed E-state index contributed by atoms with van der Waals surface area (Å²) in [5, 5.41) is 0. The van der Waals surface area contributed by atoms with Crippen molar-refractivity contribution in [1.29, 1.82) is 0 Å². The van der Waals surface area contributed by atoms with E-state index in [9.17, 15) is 4.79 Å². The lowest BCUT2D eigenvalue weighted by Gasteiger charge is -2.15. The fourth-order valence-electron chi connectivity index (χ4n) is 2.10. The number of nitrogens with two attached hydrogens (primary N) is 1. The fraction of sp³-hybridized carbons (Fsp3) is 0.500. The van der Waals surface area contributed by atoms with Crippen LogP contribution in [0.1, 0.15) is 12.8 Å². The largest absolute Gasteiger partial charge is 0.497 e. The Kier molecular flexibility index (Phi) is 5.10. The average Bonchev–Trinajstić information content (AvgIpc) is 2.86. The van der Waals surface area contributed by atoms with Crippen LogP contribution in [-0.4, -0.2) is 42.8 Å². The number of likely N-dealkylation sites (tertiary alicyclic amines) is 1. The summed E-state index contributed by atoms with van der Waals surface area (Å²) in [6, 6.07) is 8.06. The van der Waals surface area contributed by atoms with Gasteiger partial charge in [0.25, 0.3) is 0 Å². The molecule has 0 saturated carbocycles. The van der Waals surface area contributed by atoms with E-state index in [1.165, 1.54) is 0 Å². The number of benzene rings is 1. The van der Waals surface area contributed by atoms with Crippen molar-refractivity contribution in [3.63, 3.8) is 0 Å². The predicted molar refractivity (Wildman–Crippen MR) is 77.5 cm³/mol. The lowest BCUT2D eigenvalue weighted by molar-refractivity contribution is -0.129. The second-order valence-electron chi connectivity index (χ2n) is 4.66. The Labute approximate surface area is 118 Å². The van der Waals surface area contributed by atoms with Gasteiger partial charge in [0.1, 0.15) is 5.75 Å². The first-order valence-corrected chi connectivity index (χ1v) is 7.48. The number of hydrogen-bond acceptors (Lipinski definition) is 4. The van der Waals surface area contributed by atoms with E-state index in [-0.39, 0.29) is 11.9 Å². The van der Waals surface area contributed by atoms with Crippen molar-refractivity contribution in [2.24, 2.45) is 5.73 Å². The third-order valence-corrected chi connectivity index (χ3v) is 4.24. The number of methoxy groups -OCH3 is 1. The number of ether oxygens (including phenoxy) is 1. The van der Waals surface area contributed by atoms with Gasteiger partial charge in [0.05, 0.1) is 7.11 Å². The zero-order chi connectivity index (χ0) is 13.7. The molecule has 0 unspecified atom stereocenters. The maximum absolute atomic E-state index is 11.9. The zero-order valence-corrected chi connectivity index (χ0v) is 12.0. The molecule has 0 spiro atoms. The normalized spacial score (nSPS) is 18.6. The van der Waals surface area contributed by atoms with Crippen molar-refractivity contribution in [3.05, 3.63) is 24.3 Å². The second-order valence-corrected chi connectivity index (χ2v) is 5.83. The standard InChI is InChI=1S/C14H20N2O2S/c1-18-12-2-4-13(5-3-12)19-9-7-14(17)16-8-6-11(15)10-16/h2-5,11H,6-10,15H2,1H3/t11-/m1/s1. The highest BCUT2D eigenvalue weighted by Gasteiger charge is 2.22. The molecule has 0 aromatic heterocycles. The van der Waals surface area contributed by atoms with Crippen molar-refractivity contribution in [3.8, 4) is 5.75 Å². The van der Waals surface area contributed by atoms with Gasteiger partial charge in [-0.3, -0.25) is 4.79 Å². The van der Waals surface area contributed by atoms with Crippen LogP contribution in [-0.2, 0) is 4.79 Å². The number of carbonyl (C=O) groups is 1. The molecule has 1 heterocycles. The molecule has 19 heavy (non-hydrogen) atoms. The predicted octanol–water partition coefficient (Wildman–Crippen LogP) is 1.74. The highest BCUT2D eigenvalue weighted by Crippen LogP contribution is 2.22. The van der Waals surface area contributed by atoms with Crippen molar-refractivity contribution in [2.75, 3.05) is 26.0 Å². The molecule has 0 radical (unpaired) electrons. The van der Waals surface area contributed by atoms with Crippen LogP contribution in [0, 0.1) is 0 Å². The summed E-state index contributed by atoms with van der Waals surface area (Å²) in [4.78, 5) is 15.0. The van der Waals surface area contributed by atoms with Crippen LogP contribution in [0.3, 0.4) is 0 Å². The second kappa shape index (κ2) is 6.82. The molecule has 0 aliphatic carbocycles. The van der Waals surface area contributed by atoms with Gasteiger partial charge >= 0.3 is 0 Å². The minimum absolute atomic E-state index is 0.165. The monoisotopic (exact) mass is 280 g/mol. The summed E-state index contributed by atoms with van der Waals surface area (Å²) in [6.45, 7) is 1.53.